The molecule has 9 nitrogen and oxygen atoms in total. The zero-order chi connectivity index (χ0) is 32.3. The Labute approximate surface area is 254 Å². The Morgan fingerprint density at radius 1 is 0.909 bits per heavy atom. The van der Waals surface area contributed by atoms with E-state index in [1.54, 1.807) is 53.2 Å². The summed E-state index contributed by atoms with van der Waals surface area (Å²) in [7, 11) is 0. The van der Waals surface area contributed by atoms with Crippen molar-refractivity contribution in [2.24, 2.45) is 0 Å². The molecule has 4 aromatic rings. The molecule has 1 amide bonds. The number of aromatic nitrogens is 1. The van der Waals surface area contributed by atoms with E-state index in [4.69, 9.17) is 31.6 Å². The van der Waals surface area contributed by atoms with E-state index < -0.39 is 30.1 Å². The van der Waals surface area contributed by atoms with Crippen molar-refractivity contribution in [3.05, 3.63) is 119 Å². The van der Waals surface area contributed by atoms with Crippen LogP contribution in [0.5, 0.6) is 5.75 Å². The topological polar surface area (TPSA) is 142 Å². The fraction of sp³-hybridized carbons (Fsp3) is 0.161. The molecule has 0 saturated carbocycles. The van der Waals surface area contributed by atoms with Gasteiger partial charge >= 0.3 is 18.1 Å². The Balaban J connectivity index is 0.000000676. The number of halogens is 4. The molecule has 1 unspecified atom stereocenters. The predicted octanol–water partition coefficient (Wildman–Crippen LogP) is 5.95. The molecule has 0 aliphatic rings. The van der Waals surface area contributed by atoms with Crippen molar-refractivity contribution in [2.75, 3.05) is 6.61 Å². The highest BCUT2D eigenvalue weighted by molar-refractivity contribution is 6.30. The number of alkyl halides is 3. The molecule has 1 aromatic heterocycles. The van der Waals surface area contributed by atoms with Gasteiger partial charge in [0.25, 0.3) is 5.91 Å². The van der Waals surface area contributed by atoms with Gasteiger partial charge in [0.05, 0.1) is 19.0 Å². The van der Waals surface area contributed by atoms with Crippen LogP contribution in [0.25, 0.3) is 11.1 Å². The molecule has 4 rings (SSSR count). The minimum absolute atomic E-state index is 0.262. The molecule has 1 atom stereocenters. The lowest BCUT2D eigenvalue weighted by Crippen LogP contribution is -2.30. The van der Waals surface area contributed by atoms with E-state index in [1.807, 2.05) is 48.5 Å². The Morgan fingerprint density at radius 3 is 2.20 bits per heavy atom. The maximum absolute atomic E-state index is 13.0. The molecule has 0 aliphatic heterocycles. The number of amides is 1. The van der Waals surface area contributed by atoms with Crippen molar-refractivity contribution in [1.29, 1.82) is 5.41 Å². The molecule has 4 N–H and O–H groups in total. The first-order chi connectivity index (χ1) is 20.8. The first-order valence-electron chi connectivity index (χ1n) is 12.9. The van der Waals surface area contributed by atoms with E-state index in [-0.39, 0.29) is 6.42 Å². The minimum atomic E-state index is -5.08. The number of ether oxygens (including phenoxy) is 1. The van der Waals surface area contributed by atoms with Crippen molar-refractivity contribution in [3.8, 4) is 16.9 Å². The van der Waals surface area contributed by atoms with Crippen LogP contribution in [0.2, 0.25) is 5.02 Å². The SMILES string of the molecule is N=c1ccccn1CCOc1cccc(C(=O)NC(CC(=O)O)c2ccc(-c3cccc(Cl)c3)cc2)c1.O=C(O)C(F)(F)F. The summed E-state index contributed by atoms with van der Waals surface area (Å²) in [6.07, 6.45) is -3.54. The summed E-state index contributed by atoms with van der Waals surface area (Å²) in [6, 6.07) is 26.2. The molecule has 0 fully saturated rings. The zero-order valence-electron chi connectivity index (χ0n) is 22.9. The number of nitrogens with zero attached hydrogens (tertiary/aromatic N) is 1. The fourth-order valence-electron chi connectivity index (χ4n) is 3.90. The van der Waals surface area contributed by atoms with E-state index >= 15 is 0 Å². The van der Waals surface area contributed by atoms with Gasteiger partial charge in [-0.1, -0.05) is 60.1 Å². The molecule has 0 aliphatic carbocycles. The summed E-state index contributed by atoms with van der Waals surface area (Å²) in [5, 5.41) is 27.9. The smallest absolute Gasteiger partial charge is 0.490 e. The Kier molecular flexibility index (Phi) is 11.7. The number of carbonyl (C=O) groups excluding carboxylic acids is 1. The number of nitrogens with one attached hydrogen (secondary N) is 2. The summed E-state index contributed by atoms with van der Waals surface area (Å²) < 4.78 is 39.3. The number of carboxylic acids is 2. The van der Waals surface area contributed by atoms with Gasteiger partial charge in [0, 0.05) is 16.8 Å². The number of aliphatic carboxylic acids is 2. The average Bonchev–Trinajstić information content (AvgIpc) is 2.98. The van der Waals surface area contributed by atoms with E-state index in [1.165, 1.54) is 0 Å². The van der Waals surface area contributed by atoms with Gasteiger partial charge in [-0.05, 0) is 59.2 Å². The normalized spacial score (nSPS) is 11.5. The van der Waals surface area contributed by atoms with Crippen LogP contribution in [0.4, 0.5) is 13.2 Å². The van der Waals surface area contributed by atoms with Gasteiger partial charge in [0.2, 0.25) is 0 Å². The van der Waals surface area contributed by atoms with Gasteiger partial charge in [-0.25, -0.2) is 4.79 Å². The third-order valence-corrected chi connectivity index (χ3v) is 6.27. The van der Waals surface area contributed by atoms with Gasteiger partial charge in [-0.15, -0.1) is 0 Å². The summed E-state index contributed by atoms with van der Waals surface area (Å²) in [6.45, 7) is 0.814. The van der Waals surface area contributed by atoms with Crippen LogP contribution in [0.3, 0.4) is 0 Å². The van der Waals surface area contributed by atoms with Crippen molar-refractivity contribution in [2.45, 2.75) is 25.2 Å². The number of benzene rings is 3. The summed E-state index contributed by atoms with van der Waals surface area (Å²) in [4.78, 5) is 33.5. The molecule has 0 bridgehead atoms. The van der Waals surface area contributed by atoms with Crippen LogP contribution in [0, 0.1) is 5.41 Å². The van der Waals surface area contributed by atoms with Crippen molar-refractivity contribution < 1.29 is 42.5 Å². The van der Waals surface area contributed by atoms with Gasteiger partial charge in [-0.2, -0.15) is 13.2 Å². The lowest BCUT2D eigenvalue weighted by Gasteiger charge is -2.18. The highest BCUT2D eigenvalue weighted by Crippen LogP contribution is 2.26. The van der Waals surface area contributed by atoms with Gasteiger partial charge in [0.1, 0.15) is 17.8 Å². The second-order valence-electron chi connectivity index (χ2n) is 9.21. The van der Waals surface area contributed by atoms with E-state index in [9.17, 15) is 27.9 Å². The maximum atomic E-state index is 13.0. The standard InChI is InChI=1S/C29H26ClN3O4.C2HF3O2/c30-24-7-3-5-22(17-24)20-10-12-21(13-11-20)26(19-28(34)35)32-29(36)23-6-4-8-25(18-23)37-16-15-33-14-2-1-9-27(33)31;3-2(4,5)1(6)7/h1-14,17-18,26,31H,15-16,19H2,(H,32,36)(H,34,35);(H,6,7). The van der Waals surface area contributed by atoms with Crippen LogP contribution in [0.15, 0.2) is 97.2 Å². The van der Waals surface area contributed by atoms with Crippen molar-refractivity contribution in [3.63, 3.8) is 0 Å². The Hall–Kier alpha value is -5.10. The molecule has 0 spiro atoms. The van der Waals surface area contributed by atoms with Crippen molar-refractivity contribution >= 4 is 29.4 Å². The molecule has 0 saturated heterocycles. The van der Waals surface area contributed by atoms with Crippen LogP contribution in [-0.4, -0.2) is 45.4 Å². The van der Waals surface area contributed by atoms with E-state index in [2.05, 4.69) is 5.32 Å². The second-order valence-corrected chi connectivity index (χ2v) is 9.65. The Bertz CT molecular complexity index is 1660. The van der Waals surface area contributed by atoms with Gasteiger partial charge in [0.15, 0.2) is 0 Å². The summed E-state index contributed by atoms with van der Waals surface area (Å²) in [5.41, 5.74) is 3.29. The number of hydrogen-bond acceptors (Lipinski definition) is 5. The average molecular weight is 630 g/mol. The largest absolute Gasteiger partial charge is 0.492 e. The summed E-state index contributed by atoms with van der Waals surface area (Å²) in [5.74, 6) is -3.67. The molecule has 230 valence electrons. The third kappa shape index (κ3) is 10.3. The van der Waals surface area contributed by atoms with Crippen molar-refractivity contribution in [1.82, 2.24) is 9.88 Å². The zero-order valence-corrected chi connectivity index (χ0v) is 23.7. The lowest BCUT2D eigenvalue weighted by atomic mass is 9.98. The fourth-order valence-corrected chi connectivity index (χ4v) is 4.09. The Morgan fingerprint density at radius 2 is 1.59 bits per heavy atom. The van der Waals surface area contributed by atoms with Crippen LogP contribution >= 0.6 is 11.6 Å². The molecule has 44 heavy (non-hydrogen) atoms. The van der Waals surface area contributed by atoms with Gasteiger partial charge < -0.3 is 24.8 Å². The highest BCUT2D eigenvalue weighted by Gasteiger charge is 2.38. The van der Waals surface area contributed by atoms with Crippen LogP contribution in [-0.2, 0) is 16.1 Å². The molecule has 0 radical (unpaired) electrons. The number of carbonyl (C=O) groups is 3. The number of carboxylic acid groups (broad SMARTS) is 2. The number of hydrogen-bond donors (Lipinski definition) is 4. The second kappa shape index (κ2) is 15.4. The first kappa shape index (κ1) is 33.4. The number of rotatable bonds is 10. The number of pyridine rings is 1. The predicted molar refractivity (Wildman–Crippen MR) is 155 cm³/mol. The maximum Gasteiger partial charge on any atom is 0.490 e. The van der Waals surface area contributed by atoms with Crippen LogP contribution in [0.1, 0.15) is 28.4 Å². The van der Waals surface area contributed by atoms with E-state index in [0.717, 1.165) is 11.1 Å². The highest BCUT2D eigenvalue weighted by atomic mass is 35.5. The minimum Gasteiger partial charge on any atom is -0.492 e. The third-order valence-electron chi connectivity index (χ3n) is 6.04. The quantitative estimate of drug-likeness (QED) is 0.171. The molecule has 3 aromatic carbocycles. The monoisotopic (exact) mass is 629 g/mol. The lowest BCUT2D eigenvalue weighted by molar-refractivity contribution is -0.192. The first-order valence-corrected chi connectivity index (χ1v) is 13.3. The van der Waals surface area contributed by atoms with Crippen LogP contribution < -0.4 is 15.5 Å². The molecular formula is C31H27ClF3N3O6. The molecule has 1 heterocycles. The summed E-state index contributed by atoms with van der Waals surface area (Å²) >= 11 is 6.09. The van der Waals surface area contributed by atoms with Gasteiger partial charge in [-0.3, -0.25) is 15.0 Å². The van der Waals surface area contributed by atoms with E-state index in [0.29, 0.717) is 40.5 Å². The molecule has 13 heteroatoms. The molecular weight excluding hydrogens is 603 g/mol.